The third-order valence-corrected chi connectivity index (χ3v) is 6.61. The van der Waals surface area contributed by atoms with E-state index < -0.39 is 0 Å². The van der Waals surface area contributed by atoms with Crippen molar-refractivity contribution in [2.75, 3.05) is 11.1 Å². The van der Waals surface area contributed by atoms with Gasteiger partial charge in [-0.3, -0.25) is 4.79 Å². The molecular formula is C18H16N4OS3. The van der Waals surface area contributed by atoms with E-state index >= 15 is 0 Å². The number of amides is 1. The van der Waals surface area contributed by atoms with E-state index in [4.69, 9.17) is 5.26 Å². The standard InChI is InChI=1S/C18H16N4OS3/c1-12-17(24-8-7-19)26-18(20-12)22-15(23)10-14-11-25-16(21-14)9-13-5-3-2-4-6-13/h2-6,11H,8-10H2,1H3,(H,20,22,23). The third-order valence-electron chi connectivity index (χ3n) is 3.41. The molecule has 0 bridgehead atoms. The quantitative estimate of drug-likeness (QED) is 0.598. The Morgan fingerprint density at radius 3 is 2.88 bits per heavy atom. The summed E-state index contributed by atoms with van der Waals surface area (Å²) in [6, 6.07) is 12.2. The first-order valence-corrected chi connectivity index (χ1v) is 10.6. The molecule has 0 aliphatic rings. The van der Waals surface area contributed by atoms with Crippen LogP contribution in [0.3, 0.4) is 0 Å². The molecule has 0 spiro atoms. The van der Waals surface area contributed by atoms with Gasteiger partial charge in [-0.2, -0.15) is 5.26 Å². The molecule has 0 radical (unpaired) electrons. The van der Waals surface area contributed by atoms with E-state index in [2.05, 4.69) is 33.5 Å². The number of thiazole rings is 2. The number of benzene rings is 1. The van der Waals surface area contributed by atoms with Gasteiger partial charge in [-0.05, 0) is 12.5 Å². The maximum absolute atomic E-state index is 12.2. The Morgan fingerprint density at radius 1 is 1.31 bits per heavy atom. The molecule has 1 N–H and O–H groups in total. The zero-order valence-electron chi connectivity index (χ0n) is 14.1. The maximum Gasteiger partial charge on any atom is 0.232 e. The van der Waals surface area contributed by atoms with E-state index in [1.165, 1.54) is 28.7 Å². The summed E-state index contributed by atoms with van der Waals surface area (Å²) in [5.41, 5.74) is 2.81. The summed E-state index contributed by atoms with van der Waals surface area (Å²) in [5.74, 6) is 0.242. The van der Waals surface area contributed by atoms with E-state index in [1.807, 2.05) is 30.5 Å². The topological polar surface area (TPSA) is 78.7 Å². The van der Waals surface area contributed by atoms with Crippen molar-refractivity contribution in [2.45, 2.75) is 24.0 Å². The van der Waals surface area contributed by atoms with Gasteiger partial charge in [-0.1, -0.05) is 53.4 Å². The van der Waals surface area contributed by atoms with Crippen LogP contribution in [0.4, 0.5) is 5.13 Å². The smallest absolute Gasteiger partial charge is 0.232 e. The second-order valence-corrected chi connectivity index (χ2v) is 8.64. The molecule has 0 aliphatic carbocycles. The lowest BCUT2D eigenvalue weighted by molar-refractivity contribution is -0.115. The fourth-order valence-corrected chi connectivity index (χ4v) is 4.92. The predicted octanol–water partition coefficient (Wildman–Crippen LogP) is 4.30. The molecule has 3 rings (SSSR count). The molecule has 0 fully saturated rings. The van der Waals surface area contributed by atoms with Gasteiger partial charge in [-0.25, -0.2) is 9.97 Å². The van der Waals surface area contributed by atoms with Crippen molar-refractivity contribution in [3.8, 4) is 6.07 Å². The largest absolute Gasteiger partial charge is 0.302 e. The Balaban J connectivity index is 1.56. The van der Waals surface area contributed by atoms with Crippen LogP contribution in [0.25, 0.3) is 0 Å². The summed E-state index contributed by atoms with van der Waals surface area (Å²) >= 11 is 4.40. The van der Waals surface area contributed by atoms with Gasteiger partial charge in [-0.15, -0.1) is 11.3 Å². The number of nitriles is 1. The van der Waals surface area contributed by atoms with Crippen LogP contribution in [0.5, 0.6) is 0 Å². The number of aromatic nitrogens is 2. The summed E-state index contributed by atoms with van der Waals surface area (Å²) in [5, 5.41) is 15.0. The Labute approximate surface area is 164 Å². The highest BCUT2D eigenvalue weighted by atomic mass is 32.2. The van der Waals surface area contributed by atoms with E-state index in [9.17, 15) is 4.79 Å². The van der Waals surface area contributed by atoms with Crippen LogP contribution in [-0.2, 0) is 17.6 Å². The highest BCUT2D eigenvalue weighted by Crippen LogP contribution is 2.31. The average molecular weight is 401 g/mol. The fourth-order valence-electron chi connectivity index (χ4n) is 2.28. The molecule has 26 heavy (non-hydrogen) atoms. The molecule has 132 valence electrons. The minimum absolute atomic E-state index is 0.132. The highest BCUT2D eigenvalue weighted by molar-refractivity contribution is 8.01. The number of hydrogen-bond donors (Lipinski definition) is 1. The van der Waals surface area contributed by atoms with Crippen molar-refractivity contribution >= 4 is 45.5 Å². The first-order chi connectivity index (χ1) is 12.6. The van der Waals surface area contributed by atoms with Crippen LogP contribution in [0.1, 0.15) is 22.0 Å². The first-order valence-electron chi connectivity index (χ1n) is 7.88. The zero-order valence-corrected chi connectivity index (χ0v) is 16.5. The molecule has 0 saturated carbocycles. The first kappa shape index (κ1) is 18.6. The Bertz CT molecular complexity index is 928. The van der Waals surface area contributed by atoms with E-state index in [-0.39, 0.29) is 12.3 Å². The number of rotatable bonds is 7. The second-order valence-electron chi connectivity index (χ2n) is 5.46. The number of nitrogens with zero attached hydrogens (tertiary/aromatic N) is 3. The molecule has 5 nitrogen and oxygen atoms in total. The summed E-state index contributed by atoms with van der Waals surface area (Å²) in [4.78, 5) is 21.1. The molecule has 1 amide bonds. The molecule has 1 aromatic carbocycles. The van der Waals surface area contributed by atoms with Gasteiger partial charge in [0.15, 0.2) is 5.13 Å². The second kappa shape index (κ2) is 8.94. The minimum Gasteiger partial charge on any atom is -0.302 e. The van der Waals surface area contributed by atoms with Gasteiger partial charge >= 0.3 is 0 Å². The number of anilines is 1. The van der Waals surface area contributed by atoms with Gasteiger partial charge in [0.2, 0.25) is 5.91 Å². The summed E-state index contributed by atoms with van der Waals surface area (Å²) in [7, 11) is 0. The zero-order chi connectivity index (χ0) is 18.4. The number of thioether (sulfide) groups is 1. The van der Waals surface area contributed by atoms with E-state index in [1.54, 1.807) is 11.3 Å². The van der Waals surface area contributed by atoms with Crippen molar-refractivity contribution in [2.24, 2.45) is 0 Å². The normalized spacial score (nSPS) is 10.5. The number of carbonyl (C=O) groups excluding carboxylic acids is 1. The lowest BCUT2D eigenvalue weighted by Crippen LogP contribution is -2.14. The van der Waals surface area contributed by atoms with Crippen LogP contribution in [0, 0.1) is 18.3 Å². The Hall–Kier alpha value is -2.21. The lowest BCUT2D eigenvalue weighted by Gasteiger charge is -1.99. The SMILES string of the molecule is Cc1nc(NC(=O)Cc2csc(Cc3ccccc3)n2)sc1SCC#N. The van der Waals surface area contributed by atoms with Crippen LogP contribution in [0.15, 0.2) is 39.9 Å². The maximum atomic E-state index is 12.2. The molecule has 2 aromatic heterocycles. The lowest BCUT2D eigenvalue weighted by atomic mass is 10.2. The highest BCUT2D eigenvalue weighted by Gasteiger charge is 2.13. The minimum atomic E-state index is -0.132. The monoisotopic (exact) mass is 400 g/mol. The van der Waals surface area contributed by atoms with Crippen molar-refractivity contribution < 1.29 is 4.79 Å². The van der Waals surface area contributed by atoms with Gasteiger partial charge in [0.25, 0.3) is 0 Å². The molecule has 0 saturated heterocycles. The van der Waals surface area contributed by atoms with Crippen LogP contribution in [-0.4, -0.2) is 21.6 Å². The summed E-state index contributed by atoms with van der Waals surface area (Å²) in [6.45, 7) is 1.88. The molecule has 3 aromatic rings. The number of carbonyl (C=O) groups is 1. The van der Waals surface area contributed by atoms with Gasteiger partial charge < -0.3 is 5.32 Å². The van der Waals surface area contributed by atoms with Crippen LogP contribution >= 0.6 is 34.4 Å². The van der Waals surface area contributed by atoms with Crippen molar-refractivity contribution in [3.05, 3.63) is 57.7 Å². The molecule has 2 heterocycles. The molecular weight excluding hydrogens is 384 g/mol. The number of aryl methyl sites for hydroxylation is 1. The molecule has 0 atom stereocenters. The van der Waals surface area contributed by atoms with Gasteiger partial charge in [0.05, 0.1) is 38.8 Å². The molecule has 8 heteroatoms. The van der Waals surface area contributed by atoms with Gasteiger partial charge in [0, 0.05) is 11.8 Å². The number of nitrogens with one attached hydrogen (secondary N) is 1. The van der Waals surface area contributed by atoms with Crippen LogP contribution < -0.4 is 5.32 Å². The van der Waals surface area contributed by atoms with E-state index in [0.29, 0.717) is 10.9 Å². The molecule has 0 aliphatic heterocycles. The van der Waals surface area contributed by atoms with Crippen molar-refractivity contribution in [1.82, 2.24) is 9.97 Å². The summed E-state index contributed by atoms with van der Waals surface area (Å²) < 4.78 is 0.959. The van der Waals surface area contributed by atoms with Gasteiger partial charge in [0.1, 0.15) is 0 Å². The van der Waals surface area contributed by atoms with Crippen molar-refractivity contribution in [3.63, 3.8) is 0 Å². The Kier molecular flexibility index (Phi) is 6.39. The molecule has 0 unspecified atom stereocenters. The Morgan fingerprint density at radius 2 is 2.12 bits per heavy atom. The van der Waals surface area contributed by atoms with Crippen LogP contribution in [0.2, 0.25) is 0 Å². The number of hydrogen-bond acceptors (Lipinski definition) is 7. The predicted molar refractivity (Wildman–Crippen MR) is 107 cm³/mol. The third kappa shape index (κ3) is 5.14. The van der Waals surface area contributed by atoms with Crippen molar-refractivity contribution in [1.29, 1.82) is 5.26 Å². The average Bonchev–Trinajstić information content (AvgIpc) is 3.20. The summed E-state index contributed by atoms with van der Waals surface area (Å²) in [6.07, 6.45) is 1.00. The fraction of sp³-hybridized carbons (Fsp3) is 0.222. The van der Waals surface area contributed by atoms with E-state index in [0.717, 1.165) is 27.0 Å².